The zero-order valence-corrected chi connectivity index (χ0v) is 15.1. The largest absolute Gasteiger partial charge is 0.367 e. The maximum atomic E-state index is 14.9. The number of hydrogen-bond acceptors (Lipinski definition) is 5. The molecule has 2 aromatic heterocycles. The van der Waals surface area contributed by atoms with Crippen molar-refractivity contribution in [3.63, 3.8) is 0 Å². The molecule has 29 heavy (non-hydrogen) atoms. The molecule has 0 bridgehead atoms. The number of nitrogens with two attached hydrogens (primary N) is 1. The van der Waals surface area contributed by atoms with Crippen LogP contribution in [0.2, 0.25) is 0 Å². The van der Waals surface area contributed by atoms with Gasteiger partial charge in [-0.1, -0.05) is 0 Å². The second-order valence-corrected chi connectivity index (χ2v) is 7.17. The van der Waals surface area contributed by atoms with Crippen LogP contribution in [0.4, 0.5) is 14.5 Å². The van der Waals surface area contributed by atoms with Crippen molar-refractivity contribution in [3.05, 3.63) is 68.6 Å². The summed E-state index contributed by atoms with van der Waals surface area (Å²) in [5, 5.41) is 1.96. The molecule has 1 fully saturated rings. The first-order valence-corrected chi connectivity index (χ1v) is 9.10. The molecule has 0 spiro atoms. The Labute approximate surface area is 161 Å². The van der Waals surface area contributed by atoms with Gasteiger partial charge in [0.2, 0.25) is 11.1 Å². The van der Waals surface area contributed by atoms with Crippen molar-refractivity contribution in [2.45, 2.75) is 12.5 Å². The molecule has 148 valence electrons. The number of nitrogens with zero attached hydrogens (tertiary/aromatic N) is 2. The average Bonchev–Trinajstić information content (AvgIpc) is 3.29. The summed E-state index contributed by atoms with van der Waals surface area (Å²) in [5.41, 5.74) is 5.69. The molecule has 3 heterocycles. The van der Waals surface area contributed by atoms with E-state index in [1.807, 2.05) is 4.90 Å². The Kier molecular flexibility index (Phi) is 3.82. The second kappa shape index (κ2) is 6.28. The highest BCUT2D eigenvalue weighted by Gasteiger charge is 2.25. The van der Waals surface area contributed by atoms with Crippen LogP contribution in [0.15, 0.2) is 50.5 Å². The number of aromatic nitrogens is 2. The third-order valence-corrected chi connectivity index (χ3v) is 5.31. The van der Waals surface area contributed by atoms with E-state index in [0.29, 0.717) is 30.0 Å². The van der Waals surface area contributed by atoms with E-state index in [4.69, 9.17) is 10.3 Å². The van der Waals surface area contributed by atoms with Crippen LogP contribution in [0.3, 0.4) is 0 Å². The number of anilines is 1. The van der Waals surface area contributed by atoms with Crippen LogP contribution in [0, 0.1) is 11.6 Å². The summed E-state index contributed by atoms with van der Waals surface area (Å²) in [6, 6.07) is 8.08. The van der Waals surface area contributed by atoms with Crippen molar-refractivity contribution in [2.75, 3.05) is 18.0 Å². The normalized spacial score (nSPS) is 16.9. The van der Waals surface area contributed by atoms with Gasteiger partial charge in [-0.15, -0.1) is 0 Å². The van der Waals surface area contributed by atoms with Gasteiger partial charge in [-0.3, -0.25) is 14.2 Å². The summed E-state index contributed by atoms with van der Waals surface area (Å²) in [6.45, 7) is 1.08. The predicted molar refractivity (Wildman–Crippen MR) is 105 cm³/mol. The minimum Gasteiger partial charge on any atom is -0.367 e. The molecular weight excluding hydrogens is 382 g/mol. The highest BCUT2D eigenvalue weighted by Crippen LogP contribution is 2.30. The molecule has 1 unspecified atom stereocenters. The number of benzene rings is 2. The first-order valence-electron chi connectivity index (χ1n) is 9.10. The van der Waals surface area contributed by atoms with Crippen LogP contribution in [0.1, 0.15) is 6.42 Å². The van der Waals surface area contributed by atoms with Crippen molar-refractivity contribution in [1.82, 2.24) is 9.72 Å². The maximum absolute atomic E-state index is 14.9. The van der Waals surface area contributed by atoms with Crippen LogP contribution in [0.25, 0.3) is 27.7 Å². The van der Waals surface area contributed by atoms with E-state index in [1.54, 1.807) is 6.07 Å². The minimum absolute atomic E-state index is 0.0187. The van der Waals surface area contributed by atoms with E-state index in [9.17, 15) is 18.4 Å². The lowest BCUT2D eigenvalue weighted by atomic mass is 10.1. The second-order valence-electron chi connectivity index (χ2n) is 7.17. The van der Waals surface area contributed by atoms with E-state index in [-0.39, 0.29) is 22.5 Å². The summed E-state index contributed by atoms with van der Waals surface area (Å²) in [5.74, 6) is -1.02. The minimum atomic E-state index is -0.710. The first kappa shape index (κ1) is 17.6. The van der Waals surface area contributed by atoms with E-state index in [0.717, 1.165) is 12.5 Å². The van der Waals surface area contributed by atoms with Gasteiger partial charge in [0, 0.05) is 24.8 Å². The molecule has 4 aromatic rings. The summed E-state index contributed by atoms with van der Waals surface area (Å²) >= 11 is 0. The Hall–Kier alpha value is -3.46. The average molecular weight is 398 g/mol. The number of fused-ring (bicyclic) bond motifs is 2. The molecule has 2 aromatic carbocycles. The van der Waals surface area contributed by atoms with Crippen LogP contribution in [0.5, 0.6) is 0 Å². The standard InChI is InChI=1S/C20H16F2N4O3/c21-10-1-3-12(4-2-10)26-15-8-16(25-6-5-11(23)9-25)14(22)7-13(15)18(27)17-19(28)24-29-20(17)26/h1-4,7-8,11H,5-6,9,23H2,(H,24,28). The Bertz CT molecular complexity index is 1370. The fourth-order valence-corrected chi connectivity index (χ4v) is 3.91. The molecule has 1 aliphatic heterocycles. The van der Waals surface area contributed by atoms with Gasteiger partial charge in [0.15, 0.2) is 5.39 Å². The summed E-state index contributed by atoms with van der Waals surface area (Å²) in [4.78, 5) is 26.8. The third kappa shape index (κ3) is 2.65. The number of aromatic amines is 1. The van der Waals surface area contributed by atoms with Crippen molar-refractivity contribution in [1.29, 1.82) is 0 Å². The number of H-pyrrole nitrogens is 1. The van der Waals surface area contributed by atoms with Crippen molar-refractivity contribution in [2.24, 2.45) is 5.73 Å². The SMILES string of the molecule is NC1CCN(c2cc3c(cc2F)c(=O)c2c(=O)[nH]oc2n3-c2ccc(F)cc2)C1. The number of halogens is 2. The number of rotatable bonds is 2. The van der Waals surface area contributed by atoms with Gasteiger partial charge in [0.05, 0.1) is 16.6 Å². The Balaban J connectivity index is 1.90. The third-order valence-electron chi connectivity index (χ3n) is 5.31. The fourth-order valence-electron chi connectivity index (χ4n) is 3.91. The van der Waals surface area contributed by atoms with Gasteiger partial charge in [-0.2, -0.15) is 5.16 Å². The molecule has 1 aliphatic rings. The van der Waals surface area contributed by atoms with Crippen LogP contribution >= 0.6 is 0 Å². The zero-order chi connectivity index (χ0) is 20.3. The number of nitrogens with one attached hydrogen (secondary N) is 1. The van der Waals surface area contributed by atoms with Gasteiger partial charge < -0.3 is 15.2 Å². The Morgan fingerprint density at radius 2 is 1.90 bits per heavy atom. The number of pyridine rings is 1. The summed E-state index contributed by atoms with van der Waals surface area (Å²) in [6.07, 6.45) is 0.730. The van der Waals surface area contributed by atoms with Gasteiger partial charge in [0.25, 0.3) is 5.56 Å². The lowest BCUT2D eigenvalue weighted by Crippen LogP contribution is -2.27. The highest BCUT2D eigenvalue weighted by molar-refractivity contribution is 5.94. The van der Waals surface area contributed by atoms with Crippen molar-refractivity contribution in [3.8, 4) is 5.69 Å². The molecule has 0 amide bonds. The number of hydrogen-bond donors (Lipinski definition) is 2. The van der Waals surface area contributed by atoms with E-state index < -0.39 is 22.6 Å². The monoisotopic (exact) mass is 398 g/mol. The molecule has 9 heteroatoms. The molecule has 0 saturated carbocycles. The highest BCUT2D eigenvalue weighted by atomic mass is 19.1. The van der Waals surface area contributed by atoms with Crippen LogP contribution in [-0.2, 0) is 0 Å². The molecule has 1 atom stereocenters. The zero-order valence-electron chi connectivity index (χ0n) is 15.1. The van der Waals surface area contributed by atoms with E-state index >= 15 is 0 Å². The van der Waals surface area contributed by atoms with E-state index in [1.165, 1.54) is 28.8 Å². The van der Waals surface area contributed by atoms with Gasteiger partial charge >= 0.3 is 0 Å². The van der Waals surface area contributed by atoms with Gasteiger partial charge in [-0.05, 0) is 42.8 Å². The Morgan fingerprint density at radius 3 is 2.59 bits per heavy atom. The predicted octanol–water partition coefficient (Wildman–Crippen LogP) is 2.24. The quantitative estimate of drug-likeness (QED) is 0.540. The summed E-state index contributed by atoms with van der Waals surface area (Å²) < 4.78 is 35.1. The maximum Gasteiger partial charge on any atom is 0.293 e. The van der Waals surface area contributed by atoms with Crippen LogP contribution in [-0.4, -0.2) is 28.9 Å². The first-order chi connectivity index (χ1) is 13.9. The lowest BCUT2D eigenvalue weighted by molar-refractivity contribution is 0.437. The van der Waals surface area contributed by atoms with E-state index in [2.05, 4.69) is 5.16 Å². The molecule has 1 saturated heterocycles. The molecule has 7 nitrogen and oxygen atoms in total. The lowest BCUT2D eigenvalue weighted by Gasteiger charge is -2.20. The van der Waals surface area contributed by atoms with Crippen LogP contribution < -0.4 is 21.6 Å². The van der Waals surface area contributed by atoms with Crippen molar-refractivity contribution < 1.29 is 13.3 Å². The van der Waals surface area contributed by atoms with Crippen molar-refractivity contribution >= 4 is 27.7 Å². The van der Waals surface area contributed by atoms with Gasteiger partial charge in [0.1, 0.15) is 11.6 Å². The molecule has 0 radical (unpaired) electrons. The fraction of sp³-hybridized carbons (Fsp3) is 0.200. The Morgan fingerprint density at radius 1 is 1.14 bits per heavy atom. The van der Waals surface area contributed by atoms with Gasteiger partial charge in [-0.25, -0.2) is 8.78 Å². The topological polar surface area (TPSA) is 97.3 Å². The smallest absolute Gasteiger partial charge is 0.293 e. The molecule has 3 N–H and O–H groups in total. The summed E-state index contributed by atoms with van der Waals surface area (Å²) in [7, 11) is 0. The molecule has 5 rings (SSSR count). The molecule has 0 aliphatic carbocycles. The molecular formula is C20H16F2N4O3.